The molecule has 1 aliphatic carbocycles. The van der Waals surface area contributed by atoms with Gasteiger partial charge in [-0.15, -0.1) is 0 Å². The van der Waals surface area contributed by atoms with Crippen molar-refractivity contribution in [2.45, 2.75) is 32.6 Å². The predicted octanol–water partition coefficient (Wildman–Crippen LogP) is 3.25. The monoisotopic (exact) mass is 232 g/mol. The Labute approximate surface area is 103 Å². The molecule has 3 heteroatoms. The van der Waals surface area contributed by atoms with Crippen molar-refractivity contribution in [3.63, 3.8) is 0 Å². The number of hydrogen-bond acceptors (Lipinski definition) is 2. The maximum atomic E-state index is 11.5. The van der Waals surface area contributed by atoms with Gasteiger partial charge in [-0.05, 0) is 43.5 Å². The third-order valence-electron chi connectivity index (χ3n) is 2.96. The molecular weight excluding hydrogens is 212 g/mol. The van der Waals surface area contributed by atoms with Crippen molar-refractivity contribution in [3.8, 4) is 0 Å². The highest BCUT2D eigenvalue weighted by molar-refractivity contribution is 5.94. The molecule has 2 rings (SSSR count). The van der Waals surface area contributed by atoms with Gasteiger partial charge in [-0.1, -0.05) is 13.3 Å². The minimum atomic E-state index is 0.164. The van der Waals surface area contributed by atoms with Crippen molar-refractivity contribution in [3.05, 3.63) is 24.3 Å². The molecule has 92 valence electrons. The van der Waals surface area contributed by atoms with Gasteiger partial charge in [0.25, 0.3) is 0 Å². The van der Waals surface area contributed by atoms with Gasteiger partial charge < -0.3 is 10.6 Å². The molecule has 0 heterocycles. The van der Waals surface area contributed by atoms with E-state index in [4.69, 9.17) is 0 Å². The number of hydrogen-bond donors (Lipinski definition) is 2. The van der Waals surface area contributed by atoms with Crippen molar-refractivity contribution in [2.75, 3.05) is 17.2 Å². The van der Waals surface area contributed by atoms with Gasteiger partial charge in [-0.2, -0.15) is 0 Å². The van der Waals surface area contributed by atoms with Gasteiger partial charge in [0.15, 0.2) is 0 Å². The van der Waals surface area contributed by atoms with Gasteiger partial charge >= 0.3 is 0 Å². The fraction of sp³-hybridized carbons (Fsp3) is 0.500. The van der Waals surface area contributed by atoms with Gasteiger partial charge in [-0.25, -0.2) is 0 Å². The molecule has 0 radical (unpaired) electrons. The first-order valence-corrected chi connectivity index (χ1v) is 6.44. The topological polar surface area (TPSA) is 41.1 Å². The van der Waals surface area contributed by atoms with Crippen LogP contribution in [-0.2, 0) is 4.79 Å². The molecule has 2 N–H and O–H groups in total. The first kappa shape index (κ1) is 12.0. The summed E-state index contributed by atoms with van der Waals surface area (Å²) in [5.74, 6) is 0.425. The molecule has 0 aromatic heterocycles. The number of benzene rings is 1. The number of carbonyl (C=O) groups excluding carboxylic acids is 1. The van der Waals surface area contributed by atoms with Crippen LogP contribution in [0.4, 0.5) is 11.4 Å². The van der Waals surface area contributed by atoms with E-state index in [2.05, 4.69) is 17.6 Å². The number of nitrogens with one attached hydrogen (secondary N) is 2. The largest absolute Gasteiger partial charge is 0.385 e. The third kappa shape index (κ3) is 3.77. The Morgan fingerprint density at radius 1 is 1.24 bits per heavy atom. The molecular formula is C14H20N2O. The van der Waals surface area contributed by atoms with Gasteiger partial charge in [0.1, 0.15) is 0 Å². The maximum Gasteiger partial charge on any atom is 0.227 e. The number of carbonyl (C=O) groups is 1. The average molecular weight is 232 g/mol. The van der Waals surface area contributed by atoms with E-state index in [1.165, 1.54) is 12.8 Å². The fourth-order valence-electron chi connectivity index (χ4n) is 1.67. The summed E-state index contributed by atoms with van der Waals surface area (Å²) >= 11 is 0. The summed E-state index contributed by atoms with van der Waals surface area (Å²) in [5.41, 5.74) is 2.01. The summed E-state index contributed by atoms with van der Waals surface area (Å²) < 4.78 is 0. The molecule has 1 aromatic carbocycles. The zero-order valence-electron chi connectivity index (χ0n) is 10.3. The summed E-state index contributed by atoms with van der Waals surface area (Å²) in [6.07, 6.45) is 4.47. The molecule has 1 amide bonds. The first-order chi connectivity index (χ1) is 8.29. The Morgan fingerprint density at radius 2 is 1.88 bits per heavy atom. The molecule has 17 heavy (non-hydrogen) atoms. The SMILES string of the molecule is CCCCNc1ccc(NC(=O)C2CC2)cc1. The van der Waals surface area contributed by atoms with Crippen LogP contribution in [0.15, 0.2) is 24.3 Å². The van der Waals surface area contributed by atoms with Gasteiger partial charge in [-0.3, -0.25) is 4.79 Å². The lowest BCUT2D eigenvalue weighted by Crippen LogP contribution is -2.13. The van der Waals surface area contributed by atoms with Crippen molar-refractivity contribution in [2.24, 2.45) is 5.92 Å². The van der Waals surface area contributed by atoms with E-state index in [0.29, 0.717) is 0 Å². The number of unbranched alkanes of at least 4 members (excludes halogenated alkanes) is 1. The van der Waals surface area contributed by atoms with Crippen LogP contribution in [0.5, 0.6) is 0 Å². The van der Waals surface area contributed by atoms with E-state index < -0.39 is 0 Å². The summed E-state index contributed by atoms with van der Waals surface area (Å²) in [5, 5.41) is 6.28. The molecule has 0 unspecified atom stereocenters. The number of amides is 1. The summed E-state index contributed by atoms with van der Waals surface area (Å²) in [6.45, 7) is 3.18. The highest BCUT2D eigenvalue weighted by atomic mass is 16.2. The van der Waals surface area contributed by atoms with E-state index >= 15 is 0 Å². The Hall–Kier alpha value is -1.51. The molecule has 1 fully saturated rings. The minimum Gasteiger partial charge on any atom is -0.385 e. The van der Waals surface area contributed by atoms with E-state index in [-0.39, 0.29) is 11.8 Å². The normalized spacial score (nSPS) is 14.4. The second kappa shape index (κ2) is 5.71. The zero-order valence-corrected chi connectivity index (χ0v) is 10.3. The molecule has 0 bridgehead atoms. The van der Waals surface area contributed by atoms with E-state index in [9.17, 15) is 4.79 Å². The second-order valence-corrected chi connectivity index (χ2v) is 4.62. The first-order valence-electron chi connectivity index (χ1n) is 6.44. The quantitative estimate of drug-likeness (QED) is 0.739. The van der Waals surface area contributed by atoms with Gasteiger partial charge in [0, 0.05) is 23.8 Å². The van der Waals surface area contributed by atoms with Crippen molar-refractivity contribution in [1.82, 2.24) is 0 Å². The zero-order chi connectivity index (χ0) is 12.1. The predicted molar refractivity (Wildman–Crippen MR) is 71.2 cm³/mol. The minimum absolute atomic E-state index is 0.164. The molecule has 1 saturated carbocycles. The van der Waals surface area contributed by atoms with Crippen LogP contribution in [-0.4, -0.2) is 12.5 Å². The molecule has 1 aliphatic rings. The van der Waals surface area contributed by atoms with Crippen LogP contribution < -0.4 is 10.6 Å². The van der Waals surface area contributed by atoms with Crippen molar-refractivity contribution < 1.29 is 4.79 Å². The number of rotatable bonds is 6. The third-order valence-corrected chi connectivity index (χ3v) is 2.96. The molecule has 3 nitrogen and oxygen atoms in total. The van der Waals surface area contributed by atoms with Crippen LogP contribution in [0.3, 0.4) is 0 Å². The number of anilines is 2. The summed E-state index contributed by atoms with van der Waals surface area (Å²) in [7, 11) is 0. The molecule has 0 saturated heterocycles. The molecule has 0 atom stereocenters. The average Bonchev–Trinajstić information content (AvgIpc) is 3.16. The van der Waals surface area contributed by atoms with E-state index in [0.717, 1.165) is 30.8 Å². The Morgan fingerprint density at radius 3 is 2.47 bits per heavy atom. The van der Waals surface area contributed by atoms with Crippen LogP contribution in [0.2, 0.25) is 0 Å². The van der Waals surface area contributed by atoms with E-state index in [1.54, 1.807) is 0 Å². The second-order valence-electron chi connectivity index (χ2n) is 4.62. The van der Waals surface area contributed by atoms with Crippen molar-refractivity contribution >= 4 is 17.3 Å². The fourth-order valence-corrected chi connectivity index (χ4v) is 1.67. The molecule has 0 aliphatic heterocycles. The van der Waals surface area contributed by atoms with Gasteiger partial charge in [0.05, 0.1) is 0 Å². The molecule has 1 aromatic rings. The lowest BCUT2D eigenvalue weighted by molar-refractivity contribution is -0.117. The van der Waals surface area contributed by atoms with Gasteiger partial charge in [0.2, 0.25) is 5.91 Å². The lowest BCUT2D eigenvalue weighted by atomic mass is 10.2. The summed E-state index contributed by atoms with van der Waals surface area (Å²) in [4.78, 5) is 11.5. The Balaban J connectivity index is 1.82. The highest BCUT2D eigenvalue weighted by Crippen LogP contribution is 2.30. The standard InChI is InChI=1S/C14H20N2O/c1-2-3-10-15-12-6-8-13(9-7-12)16-14(17)11-4-5-11/h6-9,11,15H,2-5,10H2,1H3,(H,16,17). The Bertz CT molecular complexity index is 368. The van der Waals surface area contributed by atoms with Crippen molar-refractivity contribution in [1.29, 1.82) is 0 Å². The summed E-state index contributed by atoms with van der Waals surface area (Å²) in [6, 6.07) is 7.93. The smallest absolute Gasteiger partial charge is 0.227 e. The Kier molecular flexibility index (Phi) is 4.02. The van der Waals surface area contributed by atoms with Crippen LogP contribution in [0.25, 0.3) is 0 Å². The lowest BCUT2D eigenvalue weighted by Gasteiger charge is -2.07. The van der Waals surface area contributed by atoms with Crippen LogP contribution >= 0.6 is 0 Å². The van der Waals surface area contributed by atoms with E-state index in [1.807, 2.05) is 24.3 Å². The van der Waals surface area contributed by atoms with Crippen LogP contribution in [0, 0.1) is 5.92 Å². The highest BCUT2D eigenvalue weighted by Gasteiger charge is 2.29. The van der Waals surface area contributed by atoms with Crippen LogP contribution in [0.1, 0.15) is 32.6 Å². The maximum absolute atomic E-state index is 11.5. The molecule has 0 spiro atoms.